The van der Waals surface area contributed by atoms with Gasteiger partial charge in [-0.2, -0.15) is 0 Å². The van der Waals surface area contributed by atoms with E-state index in [-0.39, 0.29) is 32.5 Å². The Hall–Kier alpha value is -1.79. The second kappa shape index (κ2) is 7.45. The molecule has 5 nitrogen and oxygen atoms in total. The average Bonchev–Trinajstić information content (AvgIpc) is 2.60. The first-order chi connectivity index (χ1) is 12.3. The molecule has 0 aliphatic heterocycles. The lowest BCUT2D eigenvalue weighted by molar-refractivity contribution is 0.0467. The Morgan fingerprint density at radius 3 is 2.58 bits per heavy atom. The van der Waals surface area contributed by atoms with Gasteiger partial charge in [0.2, 0.25) is 0 Å². The summed E-state index contributed by atoms with van der Waals surface area (Å²) in [5, 5.41) is 0.154. The fourth-order valence-electron chi connectivity index (χ4n) is 2.29. The van der Waals surface area contributed by atoms with Crippen molar-refractivity contribution >= 4 is 63.3 Å². The highest BCUT2D eigenvalue weighted by Crippen LogP contribution is 2.36. The largest absolute Gasteiger partial charge is 0.456 e. The molecular weight excluding hydrogens is 424 g/mol. The first-order valence-corrected chi connectivity index (χ1v) is 8.69. The molecule has 2 aromatic heterocycles. The quantitative estimate of drug-likeness (QED) is 0.312. The van der Waals surface area contributed by atoms with Gasteiger partial charge in [0.25, 0.3) is 0 Å². The Labute approximate surface area is 167 Å². The Kier molecular flexibility index (Phi) is 5.44. The maximum Gasteiger partial charge on any atom is 0.358 e. The minimum atomic E-state index is -0.857. The molecule has 0 amide bonds. The summed E-state index contributed by atoms with van der Waals surface area (Å²) in [5.41, 5.74) is 0.984. The Balaban J connectivity index is 1.92. The lowest BCUT2D eigenvalue weighted by Gasteiger charge is -2.10. The summed E-state index contributed by atoms with van der Waals surface area (Å²) in [7, 11) is 0. The van der Waals surface area contributed by atoms with E-state index in [0.29, 0.717) is 16.5 Å². The van der Waals surface area contributed by atoms with Crippen molar-refractivity contribution < 1.29 is 13.9 Å². The number of halogens is 4. The average molecular weight is 433 g/mol. The Morgan fingerprint density at radius 2 is 1.85 bits per heavy atom. The third-order valence-corrected chi connectivity index (χ3v) is 5.20. The SMILES string of the molecule is Cc1ccc2c(COC(=O)c3nc(Cl)c(Cl)c(Cl)c3Cl)cc(=O)oc2c1. The monoisotopic (exact) mass is 431 g/mol. The predicted molar refractivity (Wildman–Crippen MR) is 101 cm³/mol. The molecule has 0 N–H and O–H groups in total. The number of benzene rings is 1. The summed E-state index contributed by atoms with van der Waals surface area (Å²) in [5.74, 6) is -0.857. The van der Waals surface area contributed by atoms with Gasteiger partial charge in [-0.05, 0) is 18.6 Å². The fraction of sp³-hybridized carbons (Fsp3) is 0.118. The number of hydrogen-bond acceptors (Lipinski definition) is 5. The van der Waals surface area contributed by atoms with E-state index in [4.69, 9.17) is 55.6 Å². The van der Waals surface area contributed by atoms with E-state index in [1.165, 1.54) is 6.07 Å². The van der Waals surface area contributed by atoms with E-state index >= 15 is 0 Å². The Bertz CT molecular complexity index is 1090. The lowest BCUT2D eigenvalue weighted by Crippen LogP contribution is -2.10. The van der Waals surface area contributed by atoms with E-state index in [1.54, 1.807) is 12.1 Å². The third-order valence-electron chi connectivity index (χ3n) is 3.52. The molecule has 3 rings (SSSR count). The molecule has 2 heterocycles. The number of esters is 1. The van der Waals surface area contributed by atoms with Crippen LogP contribution in [0.15, 0.2) is 33.5 Å². The molecule has 0 saturated carbocycles. The van der Waals surface area contributed by atoms with E-state index in [1.807, 2.05) is 13.0 Å². The predicted octanol–water partition coefficient (Wildman–Crippen LogP) is 5.47. The van der Waals surface area contributed by atoms with Gasteiger partial charge in [-0.25, -0.2) is 14.6 Å². The third kappa shape index (κ3) is 3.67. The number of aryl methyl sites for hydroxylation is 1. The maximum absolute atomic E-state index is 12.3. The summed E-state index contributed by atoms with van der Waals surface area (Å²) in [6.07, 6.45) is 0. The van der Waals surface area contributed by atoms with Gasteiger partial charge in [-0.3, -0.25) is 0 Å². The van der Waals surface area contributed by atoms with Crippen molar-refractivity contribution in [2.24, 2.45) is 0 Å². The van der Waals surface area contributed by atoms with Gasteiger partial charge in [0.1, 0.15) is 17.3 Å². The van der Waals surface area contributed by atoms with E-state index in [0.717, 1.165) is 5.56 Å². The Morgan fingerprint density at radius 1 is 1.12 bits per heavy atom. The van der Waals surface area contributed by atoms with Crippen molar-refractivity contribution in [2.45, 2.75) is 13.5 Å². The summed E-state index contributed by atoms with van der Waals surface area (Å²) in [6, 6.07) is 6.60. The van der Waals surface area contributed by atoms with E-state index in [2.05, 4.69) is 4.98 Å². The zero-order valence-electron chi connectivity index (χ0n) is 13.1. The van der Waals surface area contributed by atoms with Gasteiger partial charge in [0.15, 0.2) is 5.69 Å². The first kappa shape index (κ1) is 19.0. The van der Waals surface area contributed by atoms with Crippen molar-refractivity contribution in [1.29, 1.82) is 0 Å². The standard InChI is InChI=1S/C17H9Cl4NO4/c1-7-2-3-9-8(5-11(23)26-10(9)4-7)6-25-17(24)15-13(19)12(18)14(20)16(21)22-15/h2-5H,6H2,1H3. The molecule has 3 aromatic rings. The second-order valence-corrected chi connectivity index (χ2v) is 6.85. The number of pyridine rings is 1. The van der Waals surface area contributed by atoms with Crippen molar-refractivity contribution in [1.82, 2.24) is 4.98 Å². The van der Waals surface area contributed by atoms with Crippen LogP contribution in [0.1, 0.15) is 21.6 Å². The number of aromatic nitrogens is 1. The summed E-state index contributed by atoms with van der Waals surface area (Å²) in [4.78, 5) is 27.8. The molecule has 0 radical (unpaired) electrons. The molecule has 0 spiro atoms. The number of hydrogen-bond donors (Lipinski definition) is 0. The van der Waals surface area contributed by atoms with Crippen LogP contribution in [-0.4, -0.2) is 11.0 Å². The van der Waals surface area contributed by atoms with Crippen LogP contribution in [-0.2, 0) is 11.3 Å². The van der Waals surface area contributed by atoms with Crippen molar-refractivity contribution in [3.63, 3.8) is 0 Å². The topological polar surface area (TPSA) is 69.4 Å². The fourth-order valence-corrected chi connectivity index (χ4v) is 3.10. The molecule has 0 aliphatic rings. The van der Waals surface area contributed by atoms with Crippen molar-refractivity contribution in [3.8, 4) is 0 Å². The molecule has 0 unspecified atom stereocenters. The summed E-state index contributed by atoms with van der Waals surface area (Å²) < 4.78 is 10.4. The van der Waals surface area contributed by atoms with Gasteiger partial charge in [0.05, 0.1) is 15.1 Å². The molecule has 0 bridgehead atoms. The van der Waals surface area contributed by atoms with Gasteiger partial charge in [-0.1, -0.05) is 58.5 Å². The molecule has 9 heteroatoms. The van der Waals surface area contributed by atoms with Crippen LogP contribution in [0.25, 0.3) is 11.0 Å². The first-order valence-electron chi connectivity index (χ1n) is 7.18. The number of carbonyl (C=O) groups is 1. The molecule has 0 saturated heterocycles. The molecule has 134 valence electrons. The molecule has 0 atom stereocenters. The minimum absolute atomic E-state index is 0.0584. The molecule has 0 aliphatic carbocycles. The molecule has 1 aromatic carbocycles. The summed E-state index contributed by atoms with van der Waals surface area (Å²) >= 11 is 23.5. The van der Waals surface area contributed by atoms with Crippen LogP contribution in [0.5, 0.6) is 0 Å². The van der Waals surface area contributed by atoms with Crippen LogP contribution in [0.2, 0.25) is 20.2 Å². The van der Waals surface area contributed by atoms with Crippen LogP contribution < -0.4 is 5.63 Å². The number of rotatable bonds is 3. The van der Waals surface area contributed by atoms with E-state index < -0.39 is 11.6 Å². The number of ether oxygens (including phenoxy) is 1. The highest BCUT2D eigenvalue weighted by Gasteiger charge is 2.22. The minimum Gasteiger partial charge on any atom is -0.456 e. The van der Waals surface area contributed by atoms with Crippen LogP contribution in [0.3, 0.4) is 0 Å². The molecule has 0 fully saturated rings. The second-order valence-electron chi connectivity index (χ2n) is 5.36. The number of fused-ring (bicyclic) bond motifs is 1. The van der Waals surface area contributed by atoms with Crippen LogP contribution in [0, 0.1) is 6.92 Å². The normalized spacial score (nSPS) is 11.0. The highest BCUT2D eigenvalue weighted by molar-refractivity contribution is 6.52. The van der Waals surface area contributed by atoms with Crippen molar-refractivity contribution in [3.05, 3.63) is 71.7 Å². The summed E-state index contributed by atoms with van der Waals surface area (Å²) in [6.45, 7) is 1.67. The molecule has 26 heavy (non-hydrogen) atoms. The van der Waals surface area contributed by atoms with Gasteiger partial charge >= 0.3 is 11.6 Å². The van der Waals surface area contributed by atoms with Crippen LogP contribution >= 0.6 is 46.4 Å². The highest BCUT2D eigenvalue weighted by atomic mass is 35.5. The number of nitrogens with zero attached hydrogens (tertiary/aromatic N) is 1. The smallest absolute Gasteiger partial charge is 0.358 e. The van der Waals surface area contributed by atoms with Gasteiger partial charge in [0, 0.05) is 17.0 Å². The van der Waals surface area contributed by atoms with Gasteiger partial charge in [-0.15, -0.1) is 0 Å². The van der Waals surface area contributed by atoms with Gasteiger partial charge < -0.3 is 9.15 Å². The molecular formula is C17H9Cl4NO4. The number of carbonyl (C=O) groups excluding carboxylic acids is 1. The zero-order chi connectivity index (χ0) is 19.0. The lowest BCUT2D eigenvalue weighted by atomic mass is 10.1. The maximum atomic E-state index is 12.3. The van der Waals surface area contributed by atoms with Crippen LogP contribution in [0.4, 0.5) is 0 Å². The van der Waals surface area contributed by atoms with E-state index in [9.17, 15) is 9.59 Å². The van der Waals surface area contributed by atoms with Crippen molar-refractivity contribution in [2.75, 3.05) is 0 Å². The zero-order valence-corrected chi connectivity index (χ0v) is 16.1.